The van der Waals surface area contributed by atoms with E-state index in [9.17, 15) is 29.7 Å². The number of allylic oxidation sites excluding steroid dienone is 5. The van der Waals surface area contributed by atoms with E-state index in [0.29, 0.717) is 24.3 Å². The zero-order valence-electron chi connectivity index (χ0n) is 28.5. The molecule has 0 saturated heterocycles. The second-order valence-electron chi connectivity index (χ2n) is 15.2. The minimum absolute atomic E-state index is 0.0588. The van der Waals surface area contributed by atoms with Crippen LogP contribution >= 0.6 is 0 Å². The summed E-state index contributed by atoms with van der Waals surface area (Å²) in [6, 6.07) is 1.35. The summed E-state index contributed by atoms with van der Waals surface area (Å²) in [5, 5.41) is 34.8. The molecule has 254 valence electrons. The number of ketones is 2. The van der Waals surface area contributed by atoms with Gasteiger partial charge in [-0.25, -0.2) is 0 Å². The minimum Gasteiger partial charge on any atom is -0.507 e. The van der Waals surface area contributed by atoms with E-state index in [1.807, 2.05) is 25.1 Å². The molecule has 0 aliphatic heterocycles. The molecule has 9 heteroatoms. The predicted molar refractivity (Wildman–Crippen MR) is 183 cm³/mol. The first-order valence-electron chi connectivity index (χ1n) is 17.4. The van der Waals surface area contributed by atoms with Crippen molar-refractivity contribution in [3.63, 3.8) is 0 Å². The molecular weight excluding hydrogens is 594 g/mol. The third-order valence-electron chi connectivity index (χ3n) is 11.9. The number of nitrogens with zero attached hydrogens (tertiary/aromatic N) is 2. The molecule has 5 N–H and O–H groups in total. The molecule has 9 nitrogen and oxygen atoms in total. The topological polar surface area (TPSA) is 144 Å². The second kappa shape index (κ2) is 12.9. The molecule has 3 fully saturated rings. The molecule has 0 radical (unpaired) electrons. The average Bonchev–Trinajstić information content (AvgIpc) is 3.45. The molecule has 1 aromatic rings. The largest absolute Gasteiger partial charge is 0.507 e. The lowest BCUT2D eigenvalue weighted by molar-refractivity contribution is -0.157. The number of hydrogen-bond acceptors (Lipinski definition) is 8. The first-order valence-corrected chi connectivity index (χ1v) is 17.4. The van der Waals surface area contributed by atoms with Gasteiger partial charge >= 0.3 is 0 Å². The van der Waals surface area contributed by atoms with E-state index in [1.54, 1.807) is 19.0 Å². The SMILES string of the molecule is CCCC1CCC(CC2=CC=C(c3cc(N(C)C)c4c(c3O)C(O)=C3C(=O)[C@H]5C(=O)C(C(N)=O)C(O)[C@H](N(C)C)[C@H]5C[C@H]3C4)C2)CC1. The fraction of sp³-hybridized carbons (Fsp3) is 0.605. The Bertz CT molecular complexity index is 1560. The van der Waals surface area contributed by atoms with Crippen LogP contribution in [0.3, 0.4) is 0 Å². The number of carbonyl (C=O) groups excluding carboxylic acids is 3. The molecule has 1 amide bonds. The molecule has 0 heterocycles. The van der Waals surface area contributed by atoms with E-state index in [2.05, 4.69) is 19.1 Å². The summed E-state index contributed by atoms with van der Waals surface area (Å²) in [6.07, 6.45) is 13.2. The van der Waals surface area contributed by atoms with Gasteiger partial charge < -0.3 is 30.9 Å². The molecule has 47 heavy (non-hydrogen) atoms. The molecule has 1 aromatic carbocycles. The molecule has 3 saturated carbocycles. The number of carbonyl (C=O) groups is 3. The Labute approximate surface area is 278 Å². The van der Waals surface area contributed by atoms with Gasteiger partial charge in [0.2, 0.25) is 5.91 Å². The van der Waals surface area contributed by atoms with Crippen LogP contribution in [0.25, 0.3) is 11.3 Å². The Morgan fingerprint density at radius 1 is 1.02 bits per heavy atom. The lowest BCUT2D eigenvalue weighted by Gasteiger charge is -2.50. The summed E-state index contributed by atoms with van der Waals surface area (Å²) in [4.78, 5) is 43.9. The number of likely N-dealkylation sites (N-methyl/N-ethyl adjacent to an activating group) is 1. The fourth-order valence-electron chi connectivity index (χ4n) is 9.72. The lowest BCUT2D eigenvalue weighted by atomic mass is 9.56. The Balaban J connectivity index is 1.32. The summed E-state index contributed by atoms with van der Waals surface area (Å²) in [6.45, 7) is 2.27. The number of hydrogen-bond donors (Lipinski definition) is 4. The first-order chi connectivity index (χ1) is 22.3. The Morgan fingerprint density at radius 2 is 1.70 bits per heavy atom. The summed E-state index contributed by atoms with van der Waals surface area (Å²) >= 11 is 0. The van der Waals surface area contributed by atoms with Gasteiger partial charge in [-0.1, -0.05) is 50.3 Å². The van der Waals surface area contributed by atoms with Crippen molar-refractivity contribution < 1.29 is 29.7 Å². The van der Waals surface area contributed by atoms with Crippen LogP contribution in [-0.4, -0.2) is 78.0 Å². The Morgan fingerprint density at radius 3 is 2.32 bits per heavy atom. The molecule has 0 spiro atoms. The highest BCUT2D eigenvalue weighted by Gasteiger charge is 2.59. The molecular formula is C38H51N3O6. The quantitative estimate of drug-likeness (QED) is 0.296. The van der Waals surface area contributed by atoms with Crippen molar-refractivity contribution in [3.05, 3.63) is 46.1 Å². The molecule has 6 atom stereocenters. The van der Waals surface area contributed by atoms with Crippen LogP contribution in [0.15, 0.2) is 29.4 Å². The van der Waals surface area contributed by atoms with Crippen LogP contribution < -0.4 is 10.6 Å². The van der Waals surface area contributed by atoms with E-state index in [-0.39, 0.29) is 22.6 Å². The number of benzene rings is 1. The zero-order valence-corrected chi connectivity index (χ0v) is 28.5. The number of aromatic hydroxyl groups is 1. The maximum atomic E-state index is 14.2. The number of phenolic OH excluding ortho intramolecular Hbond substituents is 1. The number of aliphatic hydroxyl groups is 2. The van der Waals surface area contributed by atoms with Gasteiger partial charge in [-0.05, 0) is 93.5 Å². The number of amides is 1. The third kappa shape index (κ3) is 5.73. The molecule has 5 aliphatic carbocycles. The van der Waals surface area contributed by atoms with Crippen LogP contribution in [0.2, 0.25) is 0 Å². The zero-order chi connectivity index (χ0) is 33.9. The molecule has 0 aromatic heterocycles. The monoisotopic (exact) mass is 645 g/mol. The normalized spacial score (nSPS) is 32.1. The van der Waals surface area contributed by atoms with Crippen LogP contribution in [-0.2, 0) is 20.8 Å². The predicted octanol–water partition coefficient (Wildman–Crippen LogP) is 4.79. The van der Waals surface area contributed by atoms with Crippen molar-refractivity contribution in [2.24, 2.45) is 41.2 Å². The molecule has 2 unspecified atom stereocenters. The van der Waals surface area contributed by atoms with Gasteiger partial charge in [0.05, 0.1) is 17.6 Å². The van der Waals surface area contributed by atoms with Crippen molar-refractivity contribution in [1.29, 1.82) is 0 Å². The number of Topliss-reactive ketones (excluding diaryl/α,β-unsaturated/α-hetero) is 2. The van der Waals surface area contributed by atoms with Gasteiger partial charge in [-0.15, -0.1) is 0 Å². The molecule has 5 aliphatic rings. The van der Waals surface area contributed by atoms with Crippen molar-refractivity contribution in [1.82, 2.24) is 4.90 Å². The minimum atomic E-state index is -1.51. The third-order valence-corrected chi connectivity index (χ3v) is 11.9. The highest BCUT2D eigenvalue weighted by molar-refractivity contribution is 6.19. The Kier molecular flexibility index (Phi) is 9.17. The van der Waals surface area contributed by atoms with Crippen molar-refractivity contribution in [3.8, 4) is 5.75 Å². The molecule has 0 bridgehead atoms. The second-order valence-corrected chi connectivity index (χ2v) is 15.2. The van der Waals surface area contributed by atoms with Gasteiger partial charge in [0, 0.05) is 37.0 Å². The fourth-order valence-corrected chi connectivity index (χ4v) is 9.72. The highest BCUT2D eigenvalue weighted by atomic mass is 16.3. The van der Waals surface area contributed by atoms with Crippen molar-refractivity contribution in [2.75, 3.05) is 33.1 Å². The van der Waals surface area contributed by atoms with E-state index in [4.69, 9.17) is 5.73 Å². The number of fused-ring (bicyclic) bond motifs is 3. The maximum Gasteiger partial charge on any atom is 0.230 e. The standard InChI is InChI=1S/C38H51N3O6/c1-6-7-19-8-10-20(11-9-19)14-21-12-13-22(15-21)24-18-27(40(2)3)25-16-23-17-26-30(35(44)28(23)34(43)29(25)33(24)42)36(45)31(38(39)47)37(46)32(26)41(4)5/h12-13,18-20,23,26,30-32,37,42-43,46H,6-11,14-17H2,1-5H3,(H2,39,47)/t19?,20?,23-,26+,30+,31?,32-,37?/m1/s1. The van der Waals surface area contributed by atoms with Gasteiger partial charge in [-0.2, -0.15) is 0 Å². The number of nitrogens with two attached hydrogens (primary N) is 1. The summed E-state index contributed by atoms with van der Waals surface area (Å²) < 4.78 is 0. The van der Waals surface area contributed by atoms with Crippen molar-refractivity contribution in [2.45, 2.75) is 83.3 Å². The van der Waals surface area contributed by atoms with Crippen LogP contribution in [0.1, 0.15) is 81.4 Å². The Hall–Kier alpha value is -3.43. The summed E-state index contributed by atoms with van der Waals surface area (Å²) in [7, 11) is 7.36. The van der Waals surface area contributed by atoms with Crippen LogP contribution in [0.5, 0.6) is 5.75 Å². The van der Waals surface area contributed by atoms with E-state index in [1.165, 1.54) is 44.1 Å². The highest BCUT2D eigenvalue weighted by Crippen LogP contribution is 2.53. The average molecular weight is 646 g/mol. The van der Waals surface area contributed by atoms with Gasteiger partial charge in [0.15, 0.2) is 11.6 Å². The molecule has 6 rings (SSSR count). The van der Waals surface area contributed by atoms with E-state index < -0.39 is 53.3 Å². The van der Waals surface area contributed by atoms with E-state index in [0.717, 1.165) is 35.6 Å². The van der Waals surface area contributed by atoms with Gasteiger partial charge in [-0.3, -0.25) is 14.4 Å². The van der Waals surface area contributed by atoms with Gasteiger partial charge in [0.1, 0.15) is 17.4 Å². The number of rotatable bonds is 8. The maximum absolute atomic E-state index is 14.2. The van der Waals surface area contributed by atoms with Gasteiger partial charge in [0.25, 0.3) is 0 Å². The summed E-state index contributed by atoms with van der Waals surface area (Å²) in [5.41, 5.74) is 10.5. The smallest absolute Gasteiger partial charge is 0.230 e. The number of anilines is 1. The van der Waals surface area contributed by atoms with Crippen LogP contribution in [0, 0.1) is 35.5 Å². The summed E-state index contributed by atoms with van der Waals surface area (Å²) in [5.74, 6) is -4.69. The first kappa shape index (κ1) is 33.5. The van der Waals surface area contributed by atoms with Crippen LogP contribution in [0.4, 0.5) is 5.69 Å². The number of aliphatic hydroxyl groups excluding tert-OH is 2. The van der Waals surface area contributed by atoms with Crippen molar-refractivity contribution >= 4 is 34.5 Å². The lowest BCUT2D eigenvalue weighted by Crippen LogP contribution is -2.64. The van der Waals surface area contributed by atoms with E-state index >= 15 is 0 Å². The number of phenols is 1. The number of primary amides is 1.